The minimum absolute atomic E-state index is 0.0496. The van der Waals surface area contributed by atoms with Crippen molar-refractivity contribution in [3.05, 3.63) is 35.9 Å². The second-order valence-corrected chi connectivity index (χ2v) is 5.98. The van der Waals surface area contributed by atoms with Gasteiger partial charge in [0.15, 0.2) is 0 Å². The van der Waals surface area contributed by atoms with Gasteiger partial charge >= 0.3 is 0 Å². The van der Waals surface area contributed by atoms with Crippen molar-refractivity contribution in [3.8, 4) is 0 Å². The van der Waals surface area contributed by atoms with Crippen molar-refractivity contribution in [2.24, 2.45) is 0 Å². The van der Waals surface area contributed by atoms with E-state index in [0.29, 0.717) is 6.04 Å². The van der Waals surface area contributed by atoms with Gasteiger partial charge in [-0.3, -0.25) is 9.69 Å². The molecule has 1 aliphatic rings. The first kappa shape index (κ1) is 16.3. The van der Waals surface area contributed by atoms with Crippen molar-refractivity contribution in [2.45, 2.75) is 51.2 Å². The molecule has 1 saturated carbocycles. The van der Waals surface area contributed by atoms with E-state index in [1.165, 1.54) is 18.4 Å². The Labute approximate surface area is 132 Å². The van der Waals surface area contributed by atoms with E-state index in [2.05, 4.69) is 41.4 Å². The average Bonchev–Trinajstić information content (AvgIpc) is 2.54. The molecule has 116 valence electrons. The SMILES string of the molecule is CCN(Cc1ccccc1)[C@@H]1CCCC[C@H]1NC(=O)CCl. The molecule has 1 aliphatic carbocycles. The Morgan fingerprint density at radius 1 is 1.29 bits per heavy atom. The summed E-state index contributed by atoms with van der Waals surface area (Å²) in [6.07, 6.45) is 4.63. The molecule has 1 amide bonds. The first-order valence-corrected chi connectivity index (χ1v) is 8.41. The van der Waals surface area contributed by atoms with E-state index in [1.54, 1.807) is 0 Å². The highest BCUT2D eigenvalue weighted by atomic mass is 35.5. The normalized spacial score (nSPS) is 22.2. The van der Waals surface area contributed by atoms with Crippen molar-refractivity contribution in [1.29, 1.82) is 0 Å². The smallest absolute Gasteiger partial charge is 0.235 e. The second-order valence-electron chi connectivity index (χ2n) is 5.71. The van der Waals surface area contributed by atoms with E-state index < -0.39 is 0 Å². The molecule has 2 rings (SSSR count). The van der Waals surface area contributed by atoms with Crippen LogP contribution in [0.2, 0.25) is 0 Å². The number of carbonyl (C=O) groups is 1. The molecule has 0 unspecified atom stereocenters. The van der Waals surface area contributed by atoms with Crippen LogP contribution in [0.5, 0.6) is 0 Å². The summed E-state index contributed by atoms with van der Waals surface area (Å²) in [5, 5.41) is 3.11. The van der Waals surface area contributed by atoms with Crippen LogP contribution < -0.4 is 5.32 Å². The number of nitrogens with zero attached hydrogens (tertiary/aromatic N) is 1. The van der Waals surface area contributed by atoms with Gasteiger partial charge in [0, 0.05) is 18.6 Å². The molecule has 1 aromatic rings. The average molecular weight is 309 g/mol. The lowest BCUT2D eigenvalue weighted by molar-refractivity contribution is -0.120. The number of likely N-dealkylation sites (N-methyl/N-ethyl adjacent to an activating group) is 1. The first-order valence-electron chi connectivity index (χ1n) is 7.88. The van der Waals surface area contributed by atoms with Gasteiger partial charge in [0.2, 0.25) is 5.91 Å². The minimum atomic E-state index is -0.0515. The van der Waals surface area contributed by atoms with Crippen LogP contribution in [0, 0.1) is 0 Å². The molecule has 0 heterocycles. The Morgan fingerprint density at radius 2 is 2.00 bits per heavy atom. The second kappa shape index (κ2) is 8.40. The van der Waals surface area contributed by atoms with Gasteiger partial charge in [-0.2, -0.15) is 0 Å². The van der Waals surface area contributed by atoms with Gasteiger partial charge in [-0.15, -0.1) is 11.6 Å². The standard InChI is InChI=1S/C17H25ClN2O/c1-2-20(13-14-8-4-3-5-9-14)16-11-7-6-10-15(16)19-17(21)12-18/h3-5,8-9,15-16H,2,6-7,10-13H2,1H3,(H,19,21)/t15-,16-/m1/s1. The third-order valence-corrected chi connectivity index (χ3v) is 4.54. The van der Waals surface area contributed by atoms with Crippen molar-refractivity contribution in [2.75, 3.05) is 12.4 Å². The van der Waals surface area contributed by atoms with E-state index >= 15 is 0 Å². The Morgan fingerprint density at radius 3 is 2.67 bits per heavy atom. The molecule has 1 fully saturated rings. The van der Waals surface area contributed by atoms with E-state index in [1.807, 2.05) is 6.07 Å². The lowest BCUT2D eigenvalue weighted by atomic mass is 9.88. The number of benzene rings is 1. The first-order chi connectivity index (χ1) is 10.2. The Bertz CT molecular complexity index is 438. The van der Waals surface area contributed by atoms with Crippen molar-refractivity contribution < 1.29 is 4.79 Å². The fourth-order valence-corrected chi connectivity index (χ4v) is 3.32. The summed E-state index contributed by atoms with van der Waals surface area (Å²) in [5.41, 5.74) is 1.33. The molecule has 4 heteroatoms. The van der Waals surface area contributed by atoms with E-state index in [0.717, 1.165) is 25.9 Å². The maximum absolute atomic E-state index is 11.6. The van der Waals surface area contributed by atoms with Gasteiger partial charge in [0.25, 0.3) is 0 Å². The number of rotatable bonds is 6. The molecule has 0 saturated heterocycles. The van der Waals surface area contributed by atoms with Crippen LogP contribution in [-0.2, 0) is 11.3 Å². The highest BCUT2D eigenvalue weighted by molar-refractivity contribution is 6.27. The molecular weight excluding hydrogens is 284 g/mol. The van der Waals surface area contributed by atoms with Gasteiger partial charge in [-0.05, 0) is 24.9 Å². The number of amides is 1. The Hall–Kier alpha value is -1.06. The van der Waals surface area contributed by atoms with Crippen molar-refractivity contribution in [3.63, 3.8) is 0 Å². The Balaban J connectivity index is 2.04. The third kappa shape index (κ3) is 4.72. The van der Waals surface area contributed by atoms with E-state index in [-0.39, 0.29) is 17.8 Å². The van der Waals surface area contributed by atoms with E-state index in [4.69, 9.17) is 11.6 Å². The fraction of sp³-hybridized carbons (Fsp3) is 0.588. The summed E-state index contributed by atoms with van der Waals surface area (Å²) in [6.45, 7) is 4.13. The molecule has 3 nitrogen and oxygen atoms in total. The summed E-state index contributed by atoms with van der Waals surface area (Å²) in [4.78, 5) is 14.1. The number of halogens is 1. The number of hydrogen-bond donors (Lipinski definition) is 1. The molecule has 0 radical (unpaired) electrons. The van der Waals surface area contributed by atoms with Gasteiger partial charge in [-0.25, -0.2) is 0 Å². The maximum atomic E-state index is 11.6. The molecule has 0 aliphatic heterocycles. The number of carbonyl (C=O) groups excluding carboxylic acids is 1. The van der Waals surface area contributed by atoms with Gasteiger partial charge < -0.3 is 5.32 Å². The van der Waals surface area contributed by atoms with Crippen molar-refractivity contribution in [1.82, 2.24) is 10.2 Å². The largest absolute Gasteiger partial charge is 0.351 e. The fourth-order valence-electron chi connectivity index (χ4n) is 3.24. The zero-order valence-corrected chi connectivity index (χ0v) is 13.5. The molecule has 0 spiro atoms. The summed E-state index contributed by atoms with van der Waals surface area (Å²) >= 11 is 5.64. The summed E-state index contributed by atoms with van der Waals surface area (Å²) in [6, 6.07) is 11.2. The molecule has 1 N–H and O–H groups in total. The predicted molar refractivity (Wildman–Crippen MR) is 87.4 cm³/mol. The molecule has 0 bridgehead atoms. The lowest BCUT2D eigenvalue weighted by Gasteiger charge is -2.40. The topological polar surface area (TPSA) is 32.3 Å². The van der Waals surface area contributed by atoms with Crippen molar-refractivity contribution >= 4 is 17.5 Å². The summed E-state index contributed by atoms with van der Waals surface area (Å²) in [7, 11) is 0. The zero-order chi connectivity index (χ0) is 15.1. The van der Waals surface area contributed by atoms with Crippen LogP contribution >= 0.6 is 11.6 Å². The van der Waals surface area contributed by atoms with Crippen LogP contribution in [0.4, 0.5) is 0 Å². The van der Waals surface area contributed by atoms with Crippen LogP contribution in [0.3, 0.4) is 0 Å². The predicted octanol–water partition coefficient (Wildman–Crippen LogP) is 3.17. The summed E-state index contributed by atoms with van der Waals surface area (Å²) in [5.74, 6) is -0.00191. The molecule has 0 aromatic heterocycles. The Kier molecular flexibility index (Phi) is 6.52. The van der Waals surface area contributed by atoms with E-state index in [9.17, 15) is 4.79 Å². The number of nitrogens with one attached hydrogen (secondary N) is 1. The van der Waals surface area contributed by atoms with Crippen LogP contribution in [0.1, 0.15) is 38.2 Å². The lowest BCUT2D eigenvalue weighted by Crippen LogP contribution is -2.53. The molecule has 2 atom stereocenters. The summed E-state index contributed by atoms with van der Waals surface area (Å²) < 4.78 is 0. The maximum Gasteiger partial charge on any atom is 0.235 e. The number of hydrogen-bond acceptors (Lipinski definition) is 2. The van der Waals surface area contributed by atoms with Gasteiger partial charge in [0.05, 0.1) is 0 Å². The quantitative estimate of drug-likeness (QED) is 0.819. The molecule has 21 heavy (non-hydrogen) atoms. The van der Waals surface area contributed by atoms with Crippen LogP contribution in [0.15, 0.2) is 30.3 Å². The number of alkyl halides is 1. The third-order valence-electron chi connectivity index (χ3n) is 4.30. The minimum Gasteiger partial charge on any atom is -0.351 e. The van der Waals surface area contributed by atoms with Crippen LogP contribution in [-0.4, -0.2) is 35.3 Å². The zero-order valence-electron chi connectivity index (χ0n) is 12.7. The molecule has 1 aromatic carbocycles. The van der Waals surface area contributed by atoms with Gasteiger partial charge in [-0.1, -0.05) is 50.1 Å². The highest BCUT2D eigenvalue weighted by Crippen LogP contribution is 2.24. The van der Waals surface area contributed by atoms with Gasteiger partial charge in [0.1, 0.15) is 5.88 Å². The highest BCUT2D eigenvalue weighted by Gasteiger charge is 2.30. The monoisotopic (exact) mass is 308 g/mol. The van der Waals surface area contributed by atoms with Crippen LogP contribution in [0.25, 0.3) is 0 Å². The molecular formula is C17H25ClN2O.